The molecular weight excluding hydrogens is 446 g/mol. The Balaban J connectivity index is 1.74. The number of amides is 2. The van der Waals surface area contributed by atoms with Gasteiger partial charge in [-0.3, -0.25) is 9.78 Å². The first-order valence-electron chi connectivity index (χ1n) is 11.8. The van der Waals surface area contributed by atoms with Gasteiger partial charge in [0.25, 0.3) is 0 Å². The highest BCUT2D eigenvalue weighted by Crippen LogP contribution is 2.29. The Hall–Kier alpha value is -3.42. The zero-order valence-electron chi connectivity index (χ0n) is 21.3. The van der Waals surface area contributed by atoms with Crippen LogP contribution < -0.4 is 10.1 Å². The molecule has 2 amide bonds. The number of hydrogen-bond acceptors (Lipinski definition) is 6. The minimum absolute atomic E-state index is 0.223. The number of alkyl carbamates (subject to hydrolysis) is 1. The third kappa shape index (κ3) is 7.04. The minimum Gasteiger partial charge on any atom is -0.487 e. The number of carbonyl (C=O) groups excluding carboxylic acids is 3. The summed E-state index contributed by atoms with van der Waals surface area (Å²) in [6.07, 6.45) is 3.43. The van der Waals surface area contributed by atoms with Gasteiger partial charge in [0.05, 0.1) is 18.8 Å². The fourth-order valence-corrected chi connectivity index (χ4v) is 4.00. The molecule has 1 fully saturated rings. The van der Waals surface area contributed by atoms with Crippen LogP contribution in [-0.4, -0.2) is 58.5 Å². The number of ether oxygens (including phenoxy) is 2. The second-order valence-electron chi connectivity index (χ2n) is 10.9. The van der Waals surface area contributed by atoms with E-state index in [0.717, 1.165) is 17.4 Å². The van der Waals surface area contributed by atoms with Crippen molar-refractivity contribution in [3.8, 4) is 16.9 Å². The van der Waals surface area contributed by atoms with Crippen molar-refractivity contribution in [3.63, 3.8) is 0 Å². The normalized spacial score (nSPS) is 19.1. The molecule has 3 rings (SSSR count). The van der Waals surface area contributed by atoms with Gasteiger partial charge in [0.15, 0.2) is 0 Å². The van der Waals surface area contributed by atoms with Crippen molar-refractivity contribution in [2.75, 3.05) is 6.54 Å². The molecule has 2 aromatic rings. The number of pyridine rings is 1. The van der Waals surface area contributed by atoms with E-state index in [9.17, 15) is 14.4 Å². The molecule has 0 bridgehead atoms. The predicted molar refractivity (Wildman–Crippen MR) is 133 cm³/mol. The second-order valence-corrected chi connectivity index (χ2v) is 10.9. The number of aromatic nitrogens is 1. The zero-order chi connectivity index (χ0) is 25.8. The van der Waals surface area contributed by atoms with Crippen LogP contribution in [0.3, 0.4) is 0 Å². The molecule has 0 spiro atoms. The molecule has 0 aliphatic carbocycles. The van der Waals surface area contributed by atoms with E-state index < -0.39 is 29.2 Å². The maximum absolute atomic E-state index is 13.5. The van der Waals surface area contributed by atoms with Gasteiger partial charge >= 0.3 is 6.09 Å². The van der Waals surface area contributed by atoms with E-state index in [1.165, 1.54) is 4.90 Å². The van der Waals surface area contributed by atoms with E-state index in [1.54, 1.807) is 33.2 Å². The van der Waals surface area contributed by atoms with Gasteiger partial charge in [0.2, 0.25) is 5.91 Å². The lowest BCUT2D eigenvalue weighted by atomic mass is 9.85. The lowest BCUT2D eigenvalue weighted by Crippen LogP contribution is -2.56. The molecule has 0 radical (unpaired) electrons. The number of aldehydes is 1. The van der Waals surface area contributed by atoms with E-state index in [2.05, 4.69) is 10.3 Å². The van der Waals surface area contributed by atoms with Crippen molar-refractivity contribution in [3.05, 3.63) is 48.8 Å². The molecule has 1 aromatic carbocycles. The van der Waals surface area contributed by atoms with Gasteiger partial charge in [0, 0.05) is 18.2 Å². The van der Waals surface area contributed by atoms with Crippen LogP contribution in [0.5, 0.6) is 5.75 Å². The van der Waals surface area contributed by atoms with Crippen LogP contribution in [0.1, 0.15) is 48.0 Å². The third-order valence-corrected chi connectivity index (χ3v) is 5.64. The van der Waals surface area contributed by atoms with Crippen LogP contribution in [0.2, 0.25) is 0 Å². The fourth-order valence-electron chi connectivity index (χ4n) is 4.00. The van der Waals surface area contributed by atoms with Crippen molar-refractivity contribution in [1.29, 1.82) is 0 Å². The molecule has 188 valence electrons. The Morgan fingerprint density at radius 1 is 1.09 bits per heavy atom. The molecule has 1 saturated heterocycles. The van der Waals surface area contributed by atoms with Gasteiger partial charge in [-0.2, -0.15) is 0 Å². The first kappa shape index (κ1) is 26.2. The van der Waals surface area contributed by atoms with Gasteiger partial charge < -0.3 is 24.5 Å². The predicted octanol–water partition coefficient (Wildman–Crippen LogP) is 4.24. The molecule has 1 aromatic heterocycles. The van der Waals surface area contributed by atoms with Gasteiger partial charge in [-0.1, -0.05) is 51.1 Å². The Kier molecular flexibility index (Phi) is 7.83. The number of likely N-dealkylation sites (tertiary alicyclic amines) is 1. The molecule has 1 N–H and O–H groups in total. The Morgan fingerprint density at radius 3 is 2.37 bits per heavy atom. The third-order valence-electron chi connectivity index (χ3n) is 5.64. The summed E-state index contributed by atoms with van der Waals surface area (Å²) in [5, 5.41) is 2.71. The van der Waals surface area contributed by atoms with Crippen molar-refractivity contribution in [2.45, 2.75) is 71.8 Å². The summed E-state index contributed by atoms with van der Waals surface area (Å²) in [5.74, 6) is 0.220. The minimum atomic E-state index is -0.873. The monoisotopic (exact) mass is 481 g/mol. The van der Waals surface area contributed by atoms with Gasteiger partial charge in [-0.05, 0) is 37.8 Å². The van der Waals surface area contributed by atoms with Crippen molar-refractivity contribution >= 4 is 18.3 Å². The summed E-state index contributed by atoms with van der Waals surface area (Å²) in [6, 6.07) is 10.2. The largest absolute Gasteiger partial charge is 0.487 e. The highest BCUT2D eigenvalue weighted by molar-refractivity contribution is 5.88. The molecule has 8 heteroatoms. The first-order chi connectivity index (χ1) is 16.4. The highest BCUT2D eigenvalue weighted by Gasteiger charge is 2.43. The lowest BCUT2D eigenvalue weighted by Gasteiger charge is -2.35. The molecule has 1 unspecified atom stereocenters. The van der Waals surface area contributed by atoms with Crippen LogP contribution >= 0.6 is 0 Å². The van der Waals surface area contributed by atoms with Crippen LogP contribution in [0, 0.1) is 5.41 Å². The molecule has 0 saturated carbocycles. The number of hydrogen-bond donors (Lipinski definition) is 1. The average molecular weight is 482 g/mol. The zero-order valence-corrected chi connectivity index (χ0v) is 21.3. The summed E-state index contributed by atoms with van der Waals surface area (Å²) in [4.78, 5) is 43.6. The van der Waals surface area contributed by atoms with Crippen molar-refractivity contribution in [2.24, 2.45) is 5.41 Å². The Labute approximate surface area is 207 Å². The molecule has 3 atom stereocenters. The molecule has 1 aliphatic rings. The summed E-state index contributed by atoms with van der Waals surface area (Å²) in [7, 11) is 0. The number of carbonyl (C=O) groups is 3. The lowest BCUT2D eigenvalue weighted by molar-refractivity contribution is -0.139. The van der Waals surface area contributed by atoms with Crippen LogP contribution in [0.25, 0.3) is 11.1 Å². The van der Waals surface area contributed by atoms with Crippen LogP contribution in [0.15, 0.2) is 48.8 Å². The van der Waals surface area contributed by atoms with E-state index >= 15 is 0 Å². The van der Waals surface area contributed by atoms with Gasteiger partial charge in [0.1, 0.15) is 29.8 Å². The number of benzene rings is 1. The average Bonchev–Trinajstić information content (AvgIpc) is 3.18. The van der Waals surface area contributed by atoms with E-state index in [-0.39, 0.29) is 18.6 Å². The summed E-state index contributed by atoms with van der Waals surface area (Å²) in [5.41, 5.74) is 0.625. The highest BCUT2D eigenvalue weighted by atomic mass is 16.6. The molecule has 2 heterocycles. The van der Waals surface area contributed by atoms with Crippen LogP contribution in [0.4, 0.5) is 4.79 Å². The van der Waals surface area contributed by atoms with E-state index in [4.69, 9.17) is 9.47 Å². The standard InChI is InChI=1S/C27H35N3O5/c1-26(2,3)23(29-25(33)35-27(4,5)6)24(32)30-16-22(13-20(30)17-31)34-21-12-19(14-28-15-21)18-10-8-7-9-11-18/h7-12,14-15,17,20,22-23H,13,16H2,1-6H3,(H,29,33)/t20-,22+,23?/m0/s1. The molecule has 8 nitrogen and oxygen atoms in total. The van der Waals surface area contributed by atoms with Gasteiger partial charge in [-0.25, -0.2) is 4.79 Å². The first-order valence-corrected chi connectivity index (χ1v) is 11.8. The van der Waals surface area contributed by atoms with Crippen LogP contribution in [-0.2, 0) is 14.3 Å². The van der Waals surface area contributed by atoms with Gasteiger partial charge in [-0.15, -0.1) is 0 Å². The topological polar surface area (TPSA) is 97.8 Å². The number of nitrogens with zero attached hydrogens (tertiary/aromatic N) is 2. The second kappa shape index (κ2) is 10.5. The summed E-state index contributed by atoms with van der Waals surface area (Å²) in [6.45, 7) is 11.1. The Morgan fingerprint density at radius 2 is 1.77 bits per heavy atom. The van der Waals surface area contributed by atoms with Crippen molar-refractivity contribution < 1.29 is 23.9 Å². The maximum Gasteiger partial charge on any atom is 0.408 e. The summed E-state index contributed by atoms with van der Waals surface area (Å²) < 4.78 is 11.5. The van der Waals surface area contributed by atoms with E-state index in [1.807, 2.05) is 57.2 Å². The van der Waals surface area contributed by atoms with Crippen molar-refractivity contribution in [1.82, 2.24) is 15.2 Å². The molecular formula is C27H35N3O5. The molecule has 1 aliphatic heterocycles. The SMILES string of the molecule is CC(C)(C)OC(=O)NC(C(=O)N1C[C@H](Oc2cncc(-c3ccccc3)c2)C[C@H]1C=O)C(C)(C)C. The number of rotatable bonds is 6. The molecule has 35 heavy (non-hydrogen) atoms. The summed E-state index contributed by atoms with van der Waals surface area (Å²) >= 11 is 0. The number of nitrogens with one attached hydrogen (secondary N) is 1. The Bertz CT molecular complexity index is 1040. The quantitative estimate of drug-likeness (QED) is 0.620. The van der Waals surface area contributed by atoms with E-state index in [0.29, 0.717) is 12.2 Å². The maximum atomic E-state index is 13.5. The fraction of sp³-hybridized carbons (Fsp3) is 0.481. The smallest absolute Gasteiger partial charge is 0.408 e.